The maximum absolute atomic E-state index is 9.33. The first-order valence-corrected chi connectivity index (χ1v) is 5.91. The van der Waals surface area contributed by atoms with E-state index in [1.54, 1.807) is 24.3 Å². The number of hydrogen-bond donors (Lipinski definition) is 2. The summed E-state index contributed by atoms with van der Waals surface area (Å²) in [6.45, 7) is 0.362. The molecule has 0 spiro atoms. The predicted molar refractivity (Wildman–Crippen MR) is 71.0 cm³/mol. The monoisotopic (exact) mass is 293 g/mol. The number of anilines is 1. The highest BCUT2D eigenvalue weighted by atomic mass is 79.9. The average molecular weight is 294 g/mol. The van der Waals surface area contributed by atoms with Gasteiger partial charge in [-0.15, -0.1) is 0 Å². The van der Waals surface area contributed by atoms with Crippen molar-refractivity contribution in [3.63, 3.8) is 0 Å². The standard InChI is InChI=1S/C13H12BrNO2/c14-11-5-2-6-12(15)13(11)17-8-9-3-1-4-10(16)7-9/h1-7,16H,8,15H2. The quantitative estimate of drug-likeness (QED) is 0.854. The fraction of sp³-hybridized carbons (Fsp3) is 0.0769. The lowest BCUT2D eigenvalue weighted by Crippen LogP contribution is -1.99. The summed E-state index contributed by atoms with van der Waals surface area (Å²) < 4.78 is 6.44. The molecular formula is C13H12BrNO2. The van der Waals surface area contributed by atoms with Gasteiger partial charge in [-0.3, -0.25) is 0 Å². The first-order valence-electron chi connectivity index (χ1n) is 5.11. The van der Waals surface area contributed by atoms with Gasteiger partial charge in [0.05, 0.1) is 10.2 Å². The number of aromatic hydroxyl groups is 1. The molecule has 0 aliphatic rings. The minimum absolute atomic E-state index is 0.228. The van der Waals surface area contributed by atoms with Crippen molar-refractivity contribution >= 4 is 21.6 Å². The molecule has 2 aromatic rings. The molecule has 2 aromatic carbocycles. The average Bonchev–Trinajstić information content (AvgIpc) is 2.28. The zero-order chi connectivity index (χ0) is 12.3. The van der Waals surface area contributed by atoms with Crippen LogP contribution in [0, 0.1) is 0 Å². The van der Waals surface area contributed by atoms with Gasteiger partial charge in [0.1, 0.15) is 12.4 Å². The predicted octanol–water partition coefficient (Wildman–Crippen LogP) is 3.32. The van der Waals surface area contributed by atoms with Gasteiger partial charge in [0, 0.05) is 0 Å². The molecule has 0 aromatic heterocycles. The molecule has 0 aliphatic heterocycles. The summed E-state index contributed by atoms with van der Waals surface area (Å²) in [5.74, 6) is 0.849. The molecule has 0 radical (unpaired) electrons. The Hall–Kier alpha value is -1.68. The Balaban J connectivity index is 2.13. The molecule has 3 N–H and O–H groups in total. The highest BCUT2D eigenvalue weighted by Crippen LogP contribution is 2.31. The van der Waals surface area contributed by atoms with Crippen LogP contribution in [0.25, 0.3) is 0 Å². The van der Waals surface area contributed by atoms with Crippen LogP contribution in [0.5, 0.6) is 11.5 Å². The van der Waals surface area contributed by atoms with Gasteiger partial charge in [0.15, 0.2) is 5.75 Å². The summed E-state index contributed by atoms with van der Waals surface area (Å²) >= 11 is 3.38. The normalized spacial score (nSPS) is 10.2. The van der Waals surface area contributed by atoms with E-state index in [0.29, 0.717) is 18.0 Å². The number of phenolic OH excluding ortho intramolecular Hbond substituents is 1. The van der Waals surface area contributed by atoms with Gasteiger partial charge >= 0.3 is 0 Å². The van der Waals surface area contributed by atoms with Crippen molar-refractivity contribution in [1.82, 2.24) is 0 Å². The summed E-state index contributed by atoms with van der Waals surface area (Å²) in [5, 5.41) is 9.33. The van der Waals surface area contributed by atoms with Gasteiger partial charge in [0.2, 0.25) is 0 Å². The van der Waals surface area contributed by atoms with E-state index in [2.05, 4.69) is 15.9 Å². The van der Waals surface area contributed by atoms with Crippen molar-refractivity contribution in [1.29, 1.82) is 0 Å². The van der Waals surface area contributed by atoms with E-state index in [0.717, 1.165) is 10.0 Å². The summed E-state index contributed by atoms with van der Waals surface area (Å²) in [7, 11) is 0. The molecule has 17 heavy (non-hydrogen) atoms. The minimum atomic E-state index is 0.228. The highest BCUT2D eigenvalue weighted by Gasteiger charge is 2.05. The van der Waals surface area contributed by atoms with Crippen LogP contribution in [0.15, 0.2) is 46.9 Å². The number of nitrogens with two attached hydrogens (primary N) is 1. The lowest BCUT2D eigenvalue weighted by atomic mass is 10.2. The van der Waals surface area contributed by atoms with Crippen molar-refractivity contribution in [3.8, 4) is 11.5 Å². The number of nitrogen functional groups attached to an aromatic ring is 1. The SMILES string of the molecule is Nc1cccc(Br)c1OCc1cccc(O)c1. The zero-order valence-corrected chi connectivity index (χ0v) is 10.6. The molecule has 0 amide bonds. The van der Waals surface area contributed by atoms with Crippen LogP contribution in [-0.2, 0) is 6.61 Å². The lowest BCUT2D eigenvalue weighted by Gasteiger charge is -2.10. The molecular weight excluding hydrogens is 282 g/mol. The Kier molecular flexibility index (Phi) is 3.54. The second-order valence-electron chi connectivity index (χ2n) is 3.62. The molecule has 0 saturated carbocycles. The molecule has 0 unspecified atom stereocenters. The van der Waals surface area contributed by atoms with Gasteiger partial charge in [-0.2, -0.15) is 0 Å². The maximum atomic E-state index is 9.33. The minimum Gasteiger partial charge on any atom is -0.508 e. The van der Waals surface area contributed by atoms with Crippen molar-refractivity contribution in [2.45, 2.75) is 6.61 Å². The van der Waals surface area contributed by atoms with Crippen LogP contribution >= 0.6 is 15.9 Å². The number of halogens is 1. The summed E-state index contributed by atoms with van der Waals surface area (Å²) in [6.07, 6.45) is 0. The lowest BCUT2D eigenvalue weighted by molar-refractivity contribution is 0.305. The van der Waals surface area contributed by atoms with E-state index in [9.17, 15) is 5.11 Å². The van der Waals surface area contributed by atoms with Crippen LogP contribution in [0.4, 0.5) is 5.69 Å². The van der Waals surface area contributed by atoms with E-state index in [-0.39, 0.29) is 5.75 Å². The fourth-order valence-corrected chi connectivity index (χ4v) is 1.98. The third-order valence-electron chi connectivity index (χ3n) is 2.29. The number of benzene rings is 2. The number of phenols is 1. The van der Waals surface area contributed by atoms with Crippen LogP contribution in [-0.4, -0.2) is 5.11 Å². The van der Waals surface area contributed by atoms with Crippen LogP contribution < -0.4 is 10.5 Å². The van der Waals surface area contributed by atoms with Crippen LogP contribution in [0.3, 0.4) is 0 Å². The zero-order valence-electron chi connectivity index (χ0n) is 9.06. The molecule has 0 fully saturated rings. The Morgan fingerprint density at radius 1 is 1.18 bits per heavy atom. The highest BCUT2D eigenvalue weighted by molar-refractivity contribution is 9.10. The van der Waals surface area contributed by atoms with E-state index in [1.807, 2.05) is 18.2 Å². The third kappa shape index (κ3) is 2.91. The second kappa shape index (κ2) is 5.10. The molecule has 0 atom stereocenters. The summed E-state index contributed by atoms with van der Waals surface area (Å²) in [5.41, 5.74) is 7.28. The first kappa shape index (κ1) is 11.8. The van der Waals surface area contributed by atoms with Crippen molar-refractivity contribution in [2.75, 3.05) is 5.73 Å². The first-order chi connectivity index (χ1) is 8.16. The Morgan fingerprint density at radius 2 is 1.94 bits per heavy atom. The number of hydrogen-bond acceptors (Lipinski definition) is 3. The van der Waals surface area contributed by atoms with Gasteiger partial charge in [-0.1, -0.05) is 18.2 Å². The van der Waals surface area contributed by atoms with Crippen LogP contribution in [0.2, 0.25) is 0 Å². The summed E-state index contributed by atoms with van der Waals surface area (Å²) in [6, 6.07) is 12.4. The second-order valence-corrected chi connectivity index (χ2v) is 4.47. The Bertz CT molecular complexity index is 508. The third-order valence-corrected chi connectivity index (χ3v) is 2.92. The van der Waals surface area contributed by atoms with Gasteiger partial charge in [-0.25, -0.2) is 0 Å². The number of ether oxygens (including phenoxy) is 1. The number of para-hydroxylation sites is 1. The maximum Gasteiger partial charge on any atom is 0.156 e. The van der Waals surface area contributed by atoms with Crippen molar-refractivity contribution in [3.05, 3.63) is 52.5 Å². The molecule has 0 bridgehead atoms. The van der Waals surface area contributed by atoms with Crippen molar-refractivity contribution < 1.29 is 9.84 Å². The summed E-state index contributed by atoms with van der Waals surface area (Å²) in [4.78, 5) is 0. The Morgan fingerprint density at radius 3 is 2.65 bits per heavy atom. The van der Waals surface area contributed by atoms with Gasteiger partial charge in [-0.05, 0) is 45.8 Å². The van der Waals surface area contributed by atoms with Gasteiger partial charge in [0.25, 0.3) is 0 Å². The van der Waals surface area contributed by atoms with E-state index in [4.69, 9.17) is 10.5 Å². The molecule has 0 aliphatic carbocycles. The molecule has 0 heterocycles. The molecule has 3 nitrogen and oxygen atoms in total. The largest absolute Gasteiger partial charge is 0.508 e. The molecule has 4 heteroatoms. The fourth-order valence-electron chi connectivity index (χ4n) is 1.48. The van der Waals surface area contributed by atoms with Crippen LogP contribution in [0.1, 0.15) is 5.56 Å². The van der Waals surface area contributed by atoms with E-state index in [1.165, 1.54) is 0 Å². The van der Waals surface area contributed by atoms with Crippen molar-refractivity contribution in [2.24, 2.45) is 0 Å². The Labute approximate surface area is 108 Å². The van der Waals surface area contributed by atoms with Gasteiger partial charge < -0.3 is 15.6 Å². The molecule has 2 rings (SSSR count). The van der Waals surface area contributed by atoms with E-state index >= 15 is 0 Å². The van der Waals surface area contributed by atoms with E-state index < -0.39 is 0 Å². The molecule has 88 valence electrons. The molecule has 0 saturated heterocycles. The number of rotatable bonds is 3. The topological polar surface area (TPSA) is 55.5 Å². The smallest absolute Gasteiger partial charge is 0.156 e.